The van der Waals surface area contributed by atoms with Crippen molar-refractivity contribution in [2.75, 3.05) is 32.7 Å². The van der Waals surface area contributed by atoms with Crippen molar-refractivity contribution in [1.29, 1.82) is 0 Å². The quantitative estimate of drug-likeness (QED) is 0.821. The third kappa shape index (κ3) is 3.06. The Balaban J connectivity index is 1.35. The normalized spacial score (nSPS) is 25.7. The Morgan fingerprint density at radius 3 is 2.63 bits per heavy atom. The van der Waals surface area contributed by atoms with Crippen LogP contribution in [0, 0.1) is 10.8 Å². The Morgan fingerprint density at radius 1 is 1.10 bits per heavy atom. The van der Waals surface area contributed by atoms with Crippen molar-refractivity contribution >= 4 is 11.8 Å². The summed E-state index contributed by atoms with van der Waals surface area (Å²) in [5.41, 5.74) is 1.13. The second kappa shape index (κ2) is 7.43. The number of piperidine rings is 1. The molecule has 0 aliphatic carbocycles. The molecule has 0 saturated carbocycles. The molecular formula is C22H26N6O2. The van der Waals surface area contributed by atoms with Crippen molar-refractivity contribution in [1.82, 2.24) is 30.1 Å². The van der Waals surface area contributed by atoms with Gasteiger partial charge in [-0.1, -0.05) is 6.07 Å². The number of rotatable bonds is 3. The average molecular weight is 406 g/mol. The standard InChI is InChI=1S/C22H26N6O2/c29-19(18-3-8-24-16-26-18)28-10-5-21(6-11-28)14-27(13-17-2-1-7-23-12-17)15-22(21)4-9-25-20(22)30/h1-3,7-8,12,16H,4-6,9-11,13-15H2,(H,25,30). The molecule has 8 heteroatoms. The minimum atomic E-state index is -0.362. The summed E-state index contributed by atoms with van der Waals surface area (Å²) in [6.45, 7) is 4.49. The number of carbonyl (C=O) groups excluding carboxylic acids is 2. The highest BCUT2D eigenvalue weighted by Crippen LogP contribution is 2.56. The molecule has 3 aliphatic heterocycles. The van der Waals surface area contributed by atoms with Crippen LogP contribution < -0.4 is 5.32 Å². The zero-order valence-electron chi connectivity index (χ0n) is 17.0. The Hall–Kier alpha value is -2.87. The summed E-state index contributed by atoms with van der Waals surface area (Å²) in [4.78, 5) is 42.4. The molecule has 5 rings (SSSR count). The number of hydrogen-bond acceptors (Lipinski definition) is 6. The van der Waals surface area contributed by atoms with E-state index in [1.807, 2.05) is 17.2 Å². The lowest BCUT2D eigenvalue weighted by molar-refractivity contribution is -0.133. The Bertz CT molecular complexity index is 929. The van der Waals surface area contributed by atoms with E-state index in [0.29, 0.717) is 18.8 Å². The van der Waals surface area contributed by atoms with Crippen LogP contribution in [-0.2, 0) is 11.3 Å². The number of aromatic nitrogens is 3. The van der Waals surface area contributed by atoms with Gasteiger partial charge in [-0.3, -0.25) is 19.5 Å². The van der Waals surface area contributed by atoms with E-state index >= 15 is 0 Å². The predicted octanol–water partition coefficient (Wildman–Crippen LogP) is 1.12. The number of likely N-dealkylation sites (tertiary alicyclic amines) is 2. The summed E-state index contributed by atoms with van der Waals surface area (Å²) in [7, 11) is 0. The number of nitrogens with zero attached hydrogens (tertiary/aromatic N) is 5. The van der Waals surface area contributed by atoms with Gasteiger partial charge in [0.05, 0.1) is 5.41 Å². The lowest BCUT2D eigenvalue weighted by Gasteiger charge is -2.46. The Labute approximate surface area is 175 Å². The zero-order valence-corrected chi connectivity index (χ0v) is 17.0. The van der Waals surface area contributed by atoms with E-state index in [4.69, 9.17) is 0 Å². The first kappa shape index (κ1) is 19.1. The van der Waals surface area contributed by atoms with Crippen LogP contribution in [0.5, 0.6) is 0 Å². The number of pyridine rings is 1. The van der Waals surface area contributed by atoms with Crippen molar-refractivity contribution in [3.05, 3.63) is 54.4 Å². The van der Waals surface area contributed by atoms with Crippen LogP contribution in [0.3, 0.4) is 0 Å². The van der Waals surface area contributed by atoms with Gasteiger partial charge in [-0.15, -0.1) is 0 Å². The first-order valence-corrected chi connectivity index (χ1v) is 10.6. The van der Waals surface area contributed by atoms with E-state index in [1.165, 1.54) is 11.9 Å². The van der Waals surface area contributed by atoms with E-state index < -0.39 is 0 Å². The molecule has 30 heavy (non-hydrogen) atoms. The molecule has 1 atom stereocenters. The molecule has 8 nitrogen and oxygen atoms in total. The van der Waals surface area contributed by atoms with Gasteiger partial charge in [0.15, 0.2) is 0 Å². The van der Waals surface area contributed by atoms with Crippen LogP contribution in [0.4, 0.5) is 0 Å². The van der Waals surface area contributed by atoms with Gasteiger partial charge in [0, 0.05) is 63.3 Å². The highest BCUT2D eigenvalue weighted by atomic mass is 16.2. The summed E-state index contributed by atoms with van der Waals surface area (Å²) in [6.07, 6.45) is 9.22. The number of carbonyl (C=O) groups is 2. The molecule has 156 valence electrons. The Kier molecular flexibility index (Phi) is 4.73. The molecule has 2 aromatic heterocycles. The molecule has 1 N–H and O–H groups in total. The molecule has 3 saturated heterocycles. The maximum Gasteiger partial charge on any atom is 0.272 e. The SMILES string of the molecule is O=C(c1ccncn1)N1CCC2(CC1)CN(Cc1cccnc1)CC21CCNC1=O. The summed E-state index contributed by atoms with van der Waals surface area (Å²) >= 11 is 0. The second-order valence-corrected chi connectivity index (χ2v) is 8.76. The Morgan fingerprint density at radius 2 is 1.97 bits per heavy atom. The third-order valence-corrected chi connectivity index (χ3v) is 7.24. The summed E-state index contributed by atoms with van der Waals surface area (Å²) in [5.74, 6) is 0.133. The van der Waals surface area contributed by atoms with E-state index in [2.05, 4.69) is 31.2 Å². The maximum atomic E-state index is 13.1. The number of fused-ring (bicyclic) bond motifs is 1. The van der Waals surface area contributed by atoms with Gasteiger partial charge >= 0.3 is 0 Å². The highest BCUT2D eigenvalue weighted by molar-refractivity contribution is 5.92. The molecule has 1 unspecified atom stereocenters. The third-order valence-electron chi connectivity index (χ3n) is 7.24. The zero-order chi connectivity index (χ0) is 20.6. The van der Waals surface area contributed by atoms with Crippen LogP contribution in [0.15, 0.2) is 43.1 Å². The van der Waals surface area contributed by atoms with Crippen molar-refractivity contribution in [2.24, 2.45) is 10.8 Å². The molecular weight excluding hydrogens is 380 g/mol. The molecule has 2 amide bonds. The average Bonchev–Trinajstić information content (AvgIpc) is 3.30. The van der Waals surface area contributed by atoms with Crippen LogP contribution in [0.2, 0.25) is 0 Å². The largest absolute Gasteiger partial charge is 0.356 e. The van der Waals surface area contributed by atoms with Crippen molar-refractivity contribution in [3.8, 4) is 0 Å². The molecule has 2 spiro atoms. The topological polar surface area (TPSA) is 91.3 Å². The number of nitrogens with one attached hydrogen (secondary N) is 1. The fourth-order valence-electron chi connectivity index (χ4n) is 5.73. The van der Waals surface area contributed by atoms with Gasteiger partial charge in [-0.2, -0.15) is 0 Å². The van der Waals surface area contributed by atoms with Gasteiger partial charge in [-0.25, -0.2) is 9.97 Å². The second-order valence-electron chi connectivity index (χ2n) is 8.76. The molecule has 0 aromatic carbocycles. The molecule has 3 aliphatic rings. The van der Waals surface area contributed by atoms with Gasteiger partial charge in [0.2, 0.25) is 5.91 Å². The van der Waals surface area contributed by atoms with Gasteiger partial charge < -0.3 is 10.2 Å². The predicted molar refractivity (Wildman–Crippen MR) is 109 cm³/mol. The smallest absolute Gasteiger partial charge is 0.272 e. The molecule has 3 fully saturated rings. The minimum absolute atomic E-state index is 0.0533. The van der Waals surface area contributed by atoms with Gasteiger partial charge in [0.1, 0.15) is 12.0 Å². The van der Waals surface area contributed by atoms with Gasteiger partial charge in [0.25, 0.3) is 5.91 Å². The van der Waals surface area contributed by atoms with E-state index in [-0.39, 0.29) is 22.6 Å². The summed E-state index contributed by atoms with van der Waals surface area (Å²) < 4.78 is 0. The summed E-state index contributed by atoms with van der Waals surface area (Å²) in [6, 6.07) is 5.70. The number of amides is 2. The van der Waals surface area contributed by atoms with Crippen LogP contribution in [0.1, 0.15) is 35.3 Å². The molecule has 0 bridgehead atoms. The van der Waals surface area contributed by atoms with Gasteiger partial charge in [-0.05, 0) is 37.0 Å². The molecule has 2 aromatic rings. The van der Waals surface area contributed by atoms with E-state index in [0.717, 1.165) is 45.4 Å². The van der Waals surface area contributed by atoms with Crippen LogP contribution in [-0.4, -0.2) is 69.3 Å². The van der Waals surface area contributed by atoms with E-state index in [9.17, 15) is 9.59 Å². The van der Waals surface area contributed by atoms with Crippen molar-refractivity contribution in [3.63, 3.8) is 0 Å². The number of hydrogen-bond donors (Lipinski definition) is 1. The van der Waals surface area contributed by atoms with Crippen molar-refractivity contribution < 1.29 is 9.59 Å². The first-order valence-electron chi connectivity index (χ1n) is 10.6. The monoisotopic (exact) mass is 406 g/mol. The van der Waals surface area contributed by atoms with Crippen LogP contribution >= 0.6 is 0 Å². The summed E-state index contributed by atoms with van der Waals surface area (Å²) in [5, 5.41) is 3.09. The lowest BCUT2D eigenvalue weighted by Crippen LogP contribution is -2.53. The fraction of sp³-hybridized carbons (Fsp3) is 0.500. The van der Waals surface area contributed by atoms with Crippen LogP contribution in [0.25, 0.3) is 0 Å². The lowest BCUT2D eigenvalue weighted by atomic mass is 9.60. The highest BCUT2D eigenvalue weighted by Gasteiger charge is 2.63. The molecule has 0 radical (unpaired) electrons. The minimum Gasteiger partial charge on any atom is -0.356 e. The fourth-order valence-corrected chi connectivity index (χ4v) is 5.73. The molecule has 5 heterocycles. The maximum absolute atomic E-state index is 13.1. The first-order chi connectivity index (χ1) is 14.6. The van der Waals surface area contributed by atoms with Crippen molar-refractivity contribution in [2.45, 2.75) is 25.8 Å². The van der Waals surface area contributed by atoms with E-state index in [1.54, 1.807) is 18.5 Å².